The van der Waals surface area contributed by atoms with Gasteiger partial charge in [0.1, 0.15) is 9.41 Å². The van der Waals surface area contributed by atoms with Crippen LogP contribution in [0.2, 0.25) is 0 Å². The van der Waals surface area contributed by atoms with Crippen LogP contribution in [0, 0.1) is 4.51 Å². The molecule has 0 saturated carbocycles. The van der Waals surface area contributed by atoms with Crippen molar-refractivity contribution in [1.82, 2.24) is 0 Å². The van der Waals surface area contributed by atoms with Gasteiger partial charge in [-0.3, -0.25) is 0 Å². The number of hydrogen-bond donors (Lipinski definition) is 0. The second-order valence-electron chi connectivity index (χ2n) is 4.61. The topological polar surface area (TPSA) is 11.3 Å². The summed E-state index contributed by atoms with van der Waals surface area (Å²) >= 11 is 0. The fourth-order valence-electron chi connectivity index (χ4n) is 2.45. The van der Waals surface area contributed by atoms with Crippen LogP contribution in [0.25, 0.3) is 0 Å². The molecule has 0 aliphatic carbocycles. The van der Waals surface area contributed by atoms with Crippen molar-refractivity contribution in [2.24, 2.45) is 0 Å². The molecule has 21 heavy (non-hydrogen) atoms. The summed E-state index contributed by atoms with van der Waals surface area (Å²) in [4.78, 5) is 2.59. The van der Waals surface area contributed by atoms with Crippen LogP contribution in [-0.2, 0) is 0 Å². The predicted molar refractivity (Wildman–Crippen MR) is 83.6 cm³/mol. The molecule has 1 aliphatic rings. The molecule has 104 valence electrons. The number of benzene rings is 3. The van der Waals surface area contributed by atoms with Crippen LogP contribution in [0.3, 0.4) is 0 Å². The van der Waals surface area contributed by atoms with Gasteiger partial charge < -0.3 is 24.0 Å². The minimum atomic E-state index is -0.0829. The van der Waals surface area contributed by atoms with Crippen LogP contribution in [0.4, 0.5) is 0 Å². The van der Waals surface area contributed by atoms with Gasteiger partial charge in [0.25, 0.3) is 0 Å². The van der Waals surface area contributed by atoms with Crippen molar-refractivity contribution in [3.63, 3.8) is 0 Å². The summed E-state index contributed by atoms with van der Waals surface area (Å²) in [5, 5.41) is 0. The van der Waals surface area contributed by atoms with E-state index in [9.17, 15) is 0 Å². The first-order chi connectivity index (χ1) is 9.93. The van der Waals surface area contributed by atoms with E-state index in [0.717, 1.165) is 11.2 Å². The molecule has 0 amide bonds. The molecule has 0 fully saturated rings. The van der Waals surface area contributed by atoms with Gasteiger partial charge in [0.15, 0.2) is 0 Å². The van der Waals surface area contributed by atoms with Gasteiger partial charge in [-0.05, 0) is 24.3 Å². The monoisotopic (exact) mass is 404 g/mol. The smallest absolute Gasteiger partial charge is 0.366 e. The zero-order valence-electron chi connectivity index (χ0n) is 11.2. The Balaban J connectivity index is 0.00000132. The lowest BCUT2D eigenvalue weighted by molar-refractivity contribution is -0.00000386. The first kappa shape index (κ1) is 14.5. The molecule has 1 atom stereocenters. The van der Waals surface area contributed by atoms with Crippen LogP contribution in [0.15, 0.2) is 93.1 Å². The van der Waals surface area contributed by atoms with Crippen molar-refractivity contribution in [2.45, 2.75) is 9.79 Å². The van der Waals surface area contributed by atoms with Gasteiger partial charge in [-0.15, -0.1) is 0 Å². The summed E-state index contributed by atoms with van der Waals surface area (Å²) < 4.78 is 7.30. The molecule has 0 N–H and O–H groups in total. The molecule has 0 bridgehead atoms. The van der Waals surface area contributed by atoms with Gasteiger partial charge in [0.05, 0.1) is 0 Å². The average Bonchev–Trinajstić information content (AvgIpc) is 2.53. The van der Waals surface area contributed by atoms with E-state index in [2.05, 4.69) is 54.6 Å². The van der Waals surface area contributed by atoms with Crippen LogP contribution in [0.5, 0.6) is 5.75 Å². The highest BCUT2D eigenvalue weighted by atomic mass is 127. The van der Waals surface area contributed by atoms with E-state index in [1.54, 1.807) is 0 Å². The van der Waals surface area contributed by atoms with Gasteiger partial charge in [-0.2, -0.15) is 0 Å². The Kier molecular flexibility index (Phi) is 4.22. The molecular formula is C18H13IOS. The molecule has 0 saturated heterocycles. The third-order valence-electron chi connectivity index (χ3n) is 3.34. The molecular weight excluding hydrogens is 391 g/mol. The van der Waals surface area contributed by atoms with E-state index in [1.165, 1.54) is 14.3 Å². The maximum absolute atomic E-state index is 6.04. The molecule has 4 rings (SSSR count). The minimum Gasteiger partial charge on any atom is -1.00 e. The fraction of sp³-hybridized carbons (Fsp3) is 0. The quantitative estimate of drug-likeness (QED) is 0.260. The number of halogens is 1. The van der Waals surface area contributed by atoms with Crippen LogP contribution < -0.4 is 29.4 Å². The first-order valence-corrected chi connectivity index (χ1v) is 7.81. The molecule has 1 nitrogen and oxygen atoms in total. The van der Waals surface area contributed by atoms with E-state index in [4.69, 9.17) is 4.42 Å². The summed E-state index contributed by atoms with van der Waals surface area (Å²) in [6.45, 7) is 0. The third-order valence-corrected chi connectivity index (χ3v) is 5.63. The number of hydrogen-bond acceptors (Lipinski definition) is 0. The highest BCUT2D eigenvalue weighted by Gasteiger charge is 2.22. The van der Waals surface area contributed by atoms with E-state index in [-0.39, 0.29) is 34.5 Å². The van der Waals surface area contributed by atoms with Crippen molar-refractivity contribution >= 4 is 10.5 Å². The molecule has 3 aromatic rings. The largest absolute Gasteiger partial charge is 1.00 e. The Hall–Kier alpha value is -1.46. The van der Waals surface area contributed by atoms with E-state index in [1.807, 2.05) is 24.3 Å². The summed E-state index contributed by atoms with van der Waals surface area (Å²) in [6.07, 6.45) is 0. The fourth-order valence-corrected chi connectivity index (χ4v) is 4.68. The summed E-state index contributed by atoms with van der Waals surface area (Å²) in [7, 11) is -0.0829. The van der Waals surface area contributed by atoms with Gasteiger partial charge >= 0.3 is 11.2 Å². The summed E-state index contributed by atoms with van der Waals surface area (Å²) in [6, 6.07) is 27.3. The van der Waals surface area contributed by atoms with Gasteiger partial charge in [-0.25, -0.2) is 4.42 Å². The molecule has 3 heteroatoms. The Bertz CT molecular complexity index is 904. The zero-order valence-corrected chi connectivity index (χ0v) is 14.2. The van der Waals surface area contributed by atoms with Gasteiger partial charge in [-0.1, -0.05) is 52.9 Å². The lowest BCUT2D eigenvalue weighted by atomic mass is 10.3. The number of para-hydroxylation sites is 2. The molecule has 3 aromatic carbocycles. The minimum absolute atomic E-state index is 0. The Morgan fingerprint density at radius 1 is 0.667 bits per heavy atom. The normalized spacial score (nSPS) is 15.1. The van der Waals surface area contributed by atoms with Gasteiger partial charge in [0.2, 0.25) is 0 Å². The summed E-state index contributed by atoms with van der Waals surface area (Å²) in [5.41, 5.74) is 0.971. The second kappa shape index (κ2) is 6.12. The highest BCUT2D eigenvalue weighted by molar-refractivity contribution is 8.09. The lowest BCUT2D eigenvalue weighted by Crippen LogP contribution is -3.00. The average molecular weight is 404 g/mol. The van der Waals surface area contributed by atoms with Crippen molar-refractivity contribution < 1.29 is 24.0 Å². The molecule has 0 radical (unpaired) electrons. The highest BCUT2D eigenvalue weighted by Crippen LogP contribution is 2.45. The van der Waals surface area contributed by atoms with Crippen LogP contribution in [0.1, 0.15) is 0 Å². The van der Waals surface area contributed by atoms with Crippen molar-refractivity contribution in [3.8, 4) is 5.75 Å². The maximum atomic E-state index is 6.04. The lowest BCUT2D eigenvalue weighted by Gasteiger charge is -2.10. The molecule has 0 aromatic heterocycles. The first-order valence-electron chi connectivity index (χ1n) is 6.59. The van der Waals surface area contributed by atoms with Crippen LogP contribution >= 0.6 is 10.5 Å². The molecule has 0 spiro atoms. The Morgan fingerprint density at radius 2 is 1.33 bits per heavy atom. The number of fused-ring (bicyclic) bond motifs is 2. The second-order valence-corrected chi connectivity index (χ2v) is 6.58. The van der Waals surface area contributed by atoms with E-state index >= 15 is 0 Å². The van der Waals surface area contributed by atoms with Gasteiger partial charge in [0, 0.05) is 17.0 Å². The Morgan fingerprint density at radius 3 is 2.19 bits per heavy atom. The SMILES string of the molecule is [I-].c1ccc(S2=c3ccccc3=[O+]c3ccccc32)cc1. The number of rotatable bonds is 1. The predicted octanol–water partition coefficient (Wildman–Crippen LogP) is 1.67. The zero-order chi connectivity index (χ0) is 13.4. The van der Waals surface area contributed by atoms with Crippen molar-refractivity contribution in [2.75, 3.05) is 0 Å². The van der Waals surface area contributed by atoms with E-state index in [0.29, 0.717) is 0 Å². The van der Waals surface area contributed by atoms with E-state index < -0.39 is 0 Å². The van der Waals surface area contributed by atoms with Crippen molar-refractivity contribution in [3.05, 3.63) is 93.2 Å². The van der Waals surface area contributed by atoms with Crippen molar-refractivity contribution in [1.29, 1.82) is 0 Å². The van der Waals surface area contributed by atoms with Crippen LogP contribution in [-0.4, -0.2) is 0 Å². The molecule has 1 heterocycles. The molecule has 1 aliphatic heterocycles. The molecule has 1 unspecified atom stereocenters. The Labute approximate surface area is 142 Å². The summed E-state index contributed by atoms with van der Waals surface area (Å²) in [5.74, 6) is 0.971. The maximum Gasteiger partial charge on any atom is 0.366 e. The third kappa shape index (κ3) is 2.56. The standard InChI is InChI=1S/C18H13OS.HI/c1-2-8-14(9-3-1)20-17-12-6-4-10-15(17)19-16-11-5-7-13-18(16)20;/h1-13H;1H/q+1;/p-1.